The Kier molecular flexibility index (Phi) is 5.23. The molecule has 3 atom stereocenters. The first-order valence-electron chi connectivity index (χ1n) is 9.23. The van der Waals surface area contributed by atoms with Crippen LogP contribution >= 0.6 is 0 Å². The smallest absolute Gasteiger partial charge is 0.415 e. The second kappa shape index (κ2) is 7.27. The summed E-state index contributed by atoms with van der Waals surface area (Å²) in [7, 11) is 1.42. The number of anilines is 1. The maximum Gasteiger partial charge on any atom is 0.415 e. The van der Waals surface area contributed by atoms with E-state index in [9.17, 15) is 9.59 Å². The van der Waals surface area contributed by atoms with Crippen LogP contribution in [0.15, 0.2) is 24.3 Å². The average Bonchev–Trinajstić information content (AvgIpc) is 2.99. The van der Waals surface area contributed by atoms with Crippen LogP contribution in [0.5, 0.6) is 0 Å². The van der Waals surface area contributed by atoms with Crippen molar-refractivity contribution in [1.29, 1.82) is 0 Å². The zero-order chi connectivity index (χ0) is 18.9. The molecule has 2 aliphatic rings. The summed E-state index contributed by atoms with van der Waals surface area (Å²) in [5.41, 5.74) is 1.38. The van der Waals surface area contributed by atoms with E-state index in [1.165, 1.54) is 7.11 Å². The van der Waals surface area contributed by atoms with Crippen LogP contribution in [0.4, 0.5) is 10.5 Å². The Morgan fingerprint density at radius 2 is 1.96 bits per heavy atom. The highest BCUT2D eigenvalue weighted by molar-refractivity contribution is 5.92. The molecular formula is C20H28N2O4. The number of para-hydroxylation sites is 1. The summed E-state index contributed by atoms with van der Waals surface area (Å²) in [5, 5.41) is 3.46. The molecule has 1 saturated heterocycles. The number of amides is 1. The number of carbonyl (C=O) groups excluding carboxylic acids is 2. The van der Waals surface area contributed by atoms with E-state index in [0.717, 1.165) is 30.6 Å². The van der Waals surface area contributed by atoms with Crippen LogP contribution in [0.3, 0.4) is 0 Å². The molecule has 0 spiro atoms. The molecule has 1 N–H and O–H groups in total. The molecule has 142 valence electrons. The van der Waals surface area contributed by atoms with Crippen molar-refractivity contribution >= 4 is 17.7 Å². The molecule has 3 unspecified atom stereocenters. The molecule has 0 aliphatic carbocycles. The van der Waals surface area contributed by atoms with E-state index < -0.39 is 5.60 Å². The van der Waals surface area contributed by atoms with Crippen molar-refractivity contribution in [1.82, 2.24) is 5.32 Å². The number of methoxy groups -OCH3 is 1. The third kappa shape index (κ3) is 3.70. The van der Waals surface area contributed by atoms with Gasteiger partial charge >= 0.3 is 12.1 Å². The number of ether oxygens (including phenoxy) is 2. The standard InChI is InChI=1S/C20H28N2O4/c1-20(2,3)26-19(24)22-15-10-6-5-8-13(15)12-16(22)17-14(18(23)25-4)9-7-11-21-17/h5-6,8,10,14,16-17,21H,7,9,11-12H2,1-4H3. The molecule has 0 aromatic heterocycles. The van der Waals surface area contributed by atoms with Crippen LogP contribution in [-0.2, 0) is 20.7 Å². The number of carbonyl (C=O) groups is 2. The number of nitrogens with one attached hydrogen (secondary N) is 1. The minimum absolute atomic E-state index is 0.156. The van der Waals surface area contributed by atoms with E-state index in [2.05, 4.69) is 5.32 Å². The van der Waals surface area contributed by atoms with Crippen molar-refractivity contribution in [3.05, 3.63) is 29.8 Å². The van der Waals surface area contributed by atoms with Gasteiger partial charge in [-0.3, -0.25) is 9.69 Å². The highest BCUT2D eigenvalue weighted by Gasteiger charge is 2.45. The predicted molar refractivity (Wildman–Crippen MR) is 99.2 cm³/mol. The Bertz CT molecular complexity index is 683. The lowest BCUT2D eigenvalue weighted by Gasteiger charge is -2.39. The first-order valence-corrected chi connectivity index (χ1v) is 9.23. The number of rotatable bonds is 2. The van der Waals surface area contributed by atoms with Crippen molar-refractivity contribution in [3.8, 4) is 0 Å². The van der Waals surface area contributed by atoms with Crippen molar-refractivity contribution in [2.24, 2.45) is 5.92 Å². The van der Waals surface area contributed by atoms with Gasteiger partial charge in [-0.2, -0.15) is 0 Å². The molecule has 0 bridgehead atoms. The van der Waals surface area contributed by atoms with Gasteiger partial charge in [-0.05, 0) is 58.2 Å². The Labute approximate surface area is 154 Å². The Morgan fingerprint density at radius 3 is 2.65 bits per heavy atom. The maximum absolute atomic E-state index is 13.0. The molecule has 1 aromatic rings. The Hall–Kier alpha value is -2.08. The fourth-order valence-corrected chi connectivity index (χ4v) is 3.98. The van der Waals surface area contributed by atoms with Gasteiger partial charge in [0.2, 0.25) is 0 Å². The summed E-state index contributed by atoms with van der Waals surface area (Å²) in [6, 6.07) is 7.53. The maximum atomic E-state index is 13.0. The highest BCUT2D eigenvalue weighted by Crippen LogP contribution is 2.37. The second-order valence-electron chi connectivity index (χ2n) is 8.00. The molecule has 1 fully saturated rings. The third-order valence-electron chi connectivity index (χ3n) is 5.03. The molecular weight excluding hydrogens is 332 g/mol. The van der Waals surface area contributed by atoms with Gasteiger partial charge in [-0.25, -0.2) is 4.79 Å². The van der Waals surface area contributed by atoms with Gasteiger partial charge < -0.3 is 14.8 Å². The number of hydrogen-bond acceptors (Lipinski definition) is 5. The summed E-state index contributed by atoms with van der Waals surface area (Å²) in [6.45, 7) is 6.40. The molecule has 1 amide bonds. The quantitative estimate of drug-likeness (QED) is 0.822. The summed E-state index contributed by atoms with van der Waals surface area (Å²) in [6.07, 6.45) is 2.01. The molecule has 0 radical (unpaired) electrons. The van der Waals surface area contributed by atoms with Crippen LogP contribution < -0.4 is 10.2 Å². The van der Waals surface area contributed by atoms with Crippen molar-refractivity contribution in [2.75, 3.05) is 18.6 Å². The van der Waals surface area contributed by atoms with E-state index in [1.807, 2.05) is 45.0 Å². The lowest BCUT2D eigenvalue weighted by atomic mass is 9.85. The van der Waals surface area contributed by atoms with Crippen molar-refractivity contribution < 1.29 is 19.1 Å². The van der Waals surface area contributed by atoms with Crippen molar-refractivity contribution in [3.63, 3.8) is 0 Å². The number of esters is 1. The molecule has 1 aromatic carbocycles. The molecule has 0 saturated carbocycles. The van der Waals surface area contributed by atoms with Crippen LogP contribution in [0, 0.1) is 5.92 Å². The molecule has 2 aliphatic heterocycles. The summed E-state index contributed by atoms with van der Waals surface area (Å²) in [5.74, 6) is -0.486. The minimum atomic E-state index is -0.582. The van der Waals surface area contributed by atoms with E-state index >= 15 is 0 Å². The topological polar surface area (TPSA) is 67.9 Å². The van der Waals surface area contributed by atoms with Crippen LogP contribution in [0.1, 0.15) is 39.2 Å². The van der Waals surface area contributed by atoms with Gasteiger partial charge in [-0.1, -0.05) is 18.2 Å². The number of nitrogens with zero attached hydrogens (tertiary/aromatic N) is 1. The van der Waals surface area contributed by atoms with Gasteiger partial charge in [0.25, 0.3) is 0 Å². The molecule has 6 nitrogen and oxygen atoms in total. The fraction of sp³-hybridized carbons (Fsp3) is 0.600. The molecule has 6 heteroatoms. The van der Waals surface area contributed by atoms with E-state index in [1.54, 1.807) is 4.90 Å². The van der Waals surface area contributed by atoms with Crippen LogP contribution in [-0.4, -0.2) is 43.4 Å². The third-order valence-corrected chi connectivity index (χ3v) is 5.03. The summed E-state index contributed by atoms with van der Waals surface area (Å²) >= 11 is 0. The first kappa shape index (κ1) is 18.7. The average molecular weight is 360 g/mol. The number of benzene rings is 1. The monoisotopic (exact) mass is 360 g/mol. The number of hydrogen-bond donors (Lipinski definition) is 1. The predicted octanol–water partition coefficient (Wildman–Crippen LogP) is 2.89. The number of fused-ring (bicyclic) bond motifs is 1. The number of piperidine rings is 1. The normalized spacial score (nSPS) is 25.5. The van der Waals surface area contributed by atoms with Gasteiger partial charge in [0.1, 0.15) is 5.60 Å². The van der Waals surface area contributed by atoms with Gasteiger partial charge in [-0.15, -0.1) is 0 Å². The van der Waals surface area contributed by atoms with Gasteiger partial charge in [0.05, 0.1) is 24.8 Å². The van der Waals surface area contributed by atoms with E-state index in [0.29, 0.717) is 6.42 Å². The van der Waals surface area contributed by atoms with E-state index in [-0.39, 0.29) is 30.1 Å². The largest absolute Gasteiger partial charge is 0.469 e. The Morgan fingerprint density at radius 1 is 1.23 bits per heavy atom. The fourth-order valence-electron chi connectivity index (χ4n) is 3.98. The molecule has 3 rings (SSSR count). The second-order valence-corrected chi connectivity index (χ2v) is 8.00. The van der Waals surface area contributed by atoms with Gasteiger partial charge in [0.15, 0.2) is 0 Å². The first-order chi connectivity index (χ1) is 12.3. The van der Waals surface area contributed by atoms with Crippen molar-refractivity contribution in [2.45, 2.75) is 57.7 Å². The zero-order valence-electron chi connectivity index (χ0n) is 16.0. The minimum Gasteiger partial charge on any atom is -0.469 e. The highest BCUT2D eigenvalue weighted by atomic mass is 16.6. The van der Waals surface area contributed by atoms with E-state index in [4.69, 9.17) is 9.47 Å². The van der Waals surface area contributed by atoms with Crippen LogP contribution in [0.25, 0.3) is 0 Å². The SMILES string of the molecule is COC(=O)C1CCCNC1C1Cc2ccccc2N1C(=O)OC(C)(C)C. The van der Waals surface area contributed by atoms with Crippen LogP contribution in [0.2, 0.25) is 0 Å². The lowest BCUT2D eigenvalue weighted by molar-refractivity contribution is -0.147. The molecule has 26 heavy (non-hydrogen) atoms. The Balaban J connectivity index is 1.94. The summed E-state index contributed by atoms with van der Waals surface area (Å²) < 4.78 is 10.7. The summed E-state index contributed by atoms with van der Waals surface area (Å²) in [4.78, 5) is 27.0. The molecule has 2 heterocycles. The zero-order valence-corrected chi connectivity index (χ0v) is 16.0. The lowest BCUT2D eigenvalue weighted by Crippen LogP contribution is -2.58. The van der Waals surface area contributed by atoms with Gasteiger partial charge in [0, 0.05) is 6.04 Å².